The highest BCUT2D eigenvalue weighted by Gasteiger charge is 2.06. The maximum Gasteiger partial charge on any atom is 0.116 e. The summed E-state index contributed by atoms with van der Waals surface area (Å²) in [6, 6.07) is 10.5. The summed E-state index contributed by atoms with van der Waals surface area (Å²) in [4.78, 5) is 0. The molecule has 0 heterocycles. The van der Waals surface area contributed by atoms with Crippen LogP contribution in [0.4, 0.5) is 0 Å². The lowest BCUT2D eigenvalue weighted by Gasteiger charge is -2.10. The molecule has 2 aromatic rings. The summed E-state index contributed by atoms with van der Waals surface area (Å²) in [5.74, 6) is 0.518. The van der Waals surface area contributed by atoms with Gasteiger partial charge in [-0.05, 0) is 60.4 Å². The molecule has 0 aliphatic rings. The lowest BCUT2D eigenvalue weighted by molar-refractivity contribution is 0.475. The number of rotatable bonds is 1. The second-order valence-electron chi connectivity index (χ2n) is 3.98. The topological polar surface area (TPSA) is 40.5 Å². The van der Waals surface area contributed by atoms with E-state index < -0.39 is 0 Å². The predicted molar refractivity (Wildman–Crippen MR) is 64.7 cm³/mol. The molecule has 0 spiro atoms. The lowest BCUT2D eigenvalue weighted by atomic mass is 9.96. The number of aromatic hydroxyl groups is 2. The zero-order chi connectivity index (χ0) is 11.7. The number of benzene rings is 2. The van der Waals surface area contributed by atoms with Crippen molar-refractivity contribution in [1.82, 2.24) is 0 Å². The molecule has 0 fully saturated rings. The Balaban J connectivity index is 2.59. The van der Waals surface area contributed by atoms with E-state index in [-0.39, 0.29) is 11.5 Å². The Morgan fingerprint density at radius 1 is 0.812 bits per heavy atom. The zero-order valence-corrected chi connectivity index (χ0v) is 9.36. The van der Waals surface area contributed by atoms with Gasteiger partial charge in [-0.3, -0.25) is 0 Å². The third kappa shape index (κ3) is 1.87. The molecule has 0 saturated heterocycles. The van der Waals surface area contributed by atoms with Crippen LogP contribution >= 0.6 is 0 Å². The quantitative estimate of drug-likeness (QED) is 0.764. The van der Waals surface area contributed by atoms with E-state index >= 15 is 0 Å². The molecule has 0 atom stereocenters. The van der Waals surface area contributed by atoms with Crippen LogP contribution in [0.25, 0.3) is 11.1 Å². The van der Waals surface area contributed by atoms with Gasteiger partial charge in [0.15, 0.2) is 0 Å². The van der Waals surface area contributed by atoms with E-state index in [4.69, 9.17) is 0 Å². The average Bonchev–Trinajstić information content (AvgIpc) is 2.25. The van der Waals surface area contributed by atoms with Gasteiger partial charge in [0.2, 0.25) is 0 Å². The summed E-state index contributed by atoms with van der Waals surface area (Å²) in [6.07, 6.45) is 0. The molecule has 2 nitrogen and oxygen atoms in total. The van der Waals surface area contributed by atoms with Gasteiger partial charge in [0.25, 0.3) is 0 Å². The summed E-state index contributed by atoms with van der Waals surface area (Å²) >= 11 is 0. The third-order valence-corrected chi connectivity index (χ3v) is 2.83. The molecule has 0 unspecified atom stereocenters. The molecule has 0 amide bonds. The monoisotopic (exact) mass is 214 g/mol. The summed E-state index contributed by atoms with van der Waals surface area (Å²) in [5.41, 5.74) is 4.19. The molecule has 0 bridgehead atoms. The van der Waals surface area contributed by atoms with E-state index in [1.165, 1.54) is 0 Å². The highest BCUT2D eigenvalue weighted by molar-refractivity contribution is 5.70. The van der Waals surface area contributed by atoms with Crippen molar-refractivity contribution in [2.24, 2.45) is 0 Å². The van der Waals surface area contributed by atoms with Crippen molar-refractivity contribution in [1.29, 1.82) is 0 Å². The molecule has 2 heteroatoms. The van der Waals surface area contributed by atoms with Crippen molar-refractivity contribution in [3.05, 3.63) is 47.5 Å². The number of aryl methyl sites for hydroxylation is 1. The van der Waals surface area contributed by atoms with Crippen LogP contribution in [0.2, 0.25) is 0 Å². The summed E-state index contributed by atoms with van der Waals surface area (Å²) in [6.45, 7) is 4.00. The molecule has 0 radical (unpaired) electrons. The Morgan fingerprint density at radius 3 is 2.06 bits per heavy atom. The first-order valence-electron chi connectivity index (χ1n) is 5.17. The first kappa shape index (κ1) is 10.6. The minimum Gasteiger partial charge on any atom is -0.508 e. The third-order valence-electron chi connectivity index (χ3n) is 2.83. The zero-order valence-electron chi connectivity index (χ0n) is 9.36. The summed E-state index contributed by atoms with van der Waals surface area (Å²) in [7, 11) is 0. The van der Waals surface area contributed by atoms with Crippen LogP contribution in [0.1, 0.15) is 11.1 Å². The molecule has 2 aromatic carbocycles. The molecule has 0 aromatic heterocycles. The fourth-order valence-electron chi connectivity index (χ4n) is 1.78. The SMILES string of the molecule is Cc1cc(O)cc(-c2ccc(O)cc2)c1C. The van der Waals surface area contributed by atoms with Gasteiger partial charge in [0, 0.05) is 0 Å². The van der Waals surface area contributed by atoms with Gasteiger partial charge in [-0.2, -0.15) is 0 Å². The van der Waals surface area contributed by atoms with Gasteiger partial charge in [-0.25, -0.2) is 0 Å². The van der Waals surface area contributed by atoms with Crippen molar-refractivity contribution in [2.75, 3.05) is 0 Å². The minimum absolute atomic E-state index is 0.248. The van der Waals surface area contributed by atoms with Gasteiger partial charge in [0.05, 0.1) is 0 Å². The van der Waals surface area contributed by atoms with Gasteiger partial charge in [0.1, 0.15) is 11.5 Å². The van der Waals surface area contributed by atoms with E-state index in [1.807, 2.05) is 26.0 Å². The largest absolute Gasteiger partial charge is 0.508 e. The van der Waals surface area contributed by atoms with Crippen LogP contribution in [0.15, 0.2) is 36.4 Å². The first-order valence-corrected chi connectivity index (χ1v) is 5.17. The maximum atomic E-state index is 9.58. The molecule has 0 saturated carbocycles. The number of phenolic OH excluding ortho intramolecular Hbond substituents is 2. The Morgan fingerprint density at radius 2 is 1.44 bits per heavy atom. The maximum absolute atomic E-state index is 9.58. The fraction of sp³-hybridized carbons (Fsp3) is 0.143. The second-order valence-corrected chi connectivity index (χ2v) is 3.98. The molecule has 0 aliphatic carbocycles. The Hall–Kier alpha value is -1.96. The number of phenols is 2. The van der Waals surface area contributed by atoms with Crippen LogP contribution < -0.4 is 0 Å². The van der Waals surface area contributed by atoms with Crippen LogP contribution in [-0.4, -0.2) is 10.2 Å². The van der Waals surface area contributed by atoms with Crippen LogP contribution in [-0.2, 0) is 0 Å². The smallest absolute Gasteiger partial charge is 0.116 e. The Bertz CT molecular complexity index is 513. The van der Waals surface area contributed by atoms with Gasteiger partial charge in [-0.1, -0.05) is 12.1 Å². The first-order chi connectivity index (χ1) is 7.58. The average molecular weight is 214 g/mol. The van der Waals surface area contributed by atoms with Crippen molar-refractivity contribution in [2.45, 2.75) is 13.8 Å². The Kier molecular flexibility index (Phi) is 2.57. The lowest BCUT2D eigenvalue weighted by Crippen LogP contribution is -1.87. The normalized spacial score (nSPS) is 10.4. The van der Waals surface area contributed by atoms with E-state index in [0.29, 0.717) is 0 Å². The molecule has 2 rings (SSSR count). The summed E-state index contributed by atoms with van der Waals surface area (Å²) < 4.78 is 0. The van der Waals surface area contributed by atoms with E-state index in [0.717, 1.165) is 22.3 Å². The van der Waals surface area contributed by atoms with E-state index in [9.17, 15) is 10.2 Å². The molecule has 0 aliphatic heterocycles. The standard InChI is InChI=1S/C14H14O2/c1-9-7-13(16)8-14(10(9)2)11-3-5-12(15)6-4-11/h3-8,15-16H,1-2H3. The van der Waals surface area contributed by atoms with Gasteiger partial charge < -0.3 is 10.2 Å². The van der Waals surface area contributed by atoms with Crippen LogP contribution in [0.5, 0.6) is 11.5 Å². The van der Waals surface area contributed by atoms with Crippen molar-refractivity contribution in [3.8, 4) is 22.6 Å². The number of hydrogen-bond donors (Lipinski definition) is 2. The molecule has 2 N–H and O–H groups in total. The number of hydrogen-bond acceptors (Lipinski definition) is 2. The molecular weight excluding hydrogens is 200 g/mol. The van der Waals surface area contributed by atoms with Crippen LogP contribution in [0, 0.1) is 13.8 Å². The van der Waals surface area contributed by atoms with Crippen molar-refractivity contribution >= 4 is 0 Å². The van der Waals surface area contributed by atoms with Crippen LogP contribution in [0.3, 0.4) is 0 Å². The molecule has 16 heavy (non-hydrogen) atoms. The highest BCUT2D eigenvalue weighted by atomic mass is 16.3. The highest BCUT2D eigenvalue weighted by Crippen LogP contribution is 2.30. The second kappa shape index (κ2) is 3.89. The van der Waals surface area contributed by atoms with Crippen molar-refractivity contribution < 1.29 is 10.2 Å². The Labute approximate surface area is 94.8 Å². The van der Waals surface area contributed by atoms with E-state index in [1.54, 1.807) is 24.3 Å². The predicted octanol–water partition coefficient (Wildman–Crippen LogP) is 3.38. The summed E-state index contributed by atoms with van der Waals surface area (Å²) in [5, 5.41) is 18.8. The van der Waals surface area contributed by atoms with Gasteiger partial charge >= 0.3 is 0 Å². The molecule has 82 valence electrons. The van der Waals surface area contributed by atoms with E-state index in [2.05, 4.69) is 0 Å². The minimum atomic E-state index is 0.248. The van der Waals surface area contributed by atoms with Crippen molar-refractivity contribution in [3.63, 3.8) is 0 Å². The fourth-order valence-corrected chi connectivity index (χ4v) is 1.78. The molecular formula is C14H14O2. The van der Waals surface area contributed by atoms with Gasteiger partial charge in [-0.15, -0.1) is 0 Å².